The number of carbonyl (C=O) groups is 2. The fraction of sp³-hybridized carbons (Fsp3) is 0.130. The molecule has 2 amide bonds. The molecule has 0 saturated heterocycles. The van der Waals surface area contributed by atoms with Crippen LogP contribution in [0.3, 0.4) is 0 Å². The molecule has 0 spiro atoms. The van der Waals surface area contributed by atoms with Crippen LogP contribution in [0.2, 0.25) is 0 Å². The van der Waals surface area contributed by atoms with E-state index in [9.17, 15) is 19.8 Å². The number of aromatic hydroxyl groups is 2. The number of para-hydroxylation sites is 1. The number of phenolic OH excluding ortho intramolecular Hbond substituents is 2. The number of carbonyl (C=O) groups excluding carboxylic acids is 2. The summed E-state index contributed by atoms with van der Waals surface area (Å²) in [6.07, 6.45) is 0. The second-order valence-electron chi connectivity index (χ2n) is 6.74. The van der Waals surface area contributed by atoms with Gasteiger partial charge in [-0.2, -0.15) is 0 Å². The molecule has 0 heterocycles. The number of rotatable bonds is 5. The lowest BCUT2D eigenvalue weighted by Crippen LogP contribution is -2.26. The van der Waals surface area contributed by atoms with Gasteiger partial charge in [-0.25, -0.2) is 0 Å². The van der Waals surface area contributed by atoms with Crippen LogP contribution in [0, 0.1) is 6.92 Å². The minimum Gasteiger partial charge on any atom is -0.507 e. The van der Waals surface area contributed by atoms with E-state index in [4.69, 9.17) is 4.74 Å². The van der Waals surface area contributed by atoms with Gasteiger partial charge in [-0.3, -0.25) is 9.59 Å². The molecule has 0 aliphatic carbocycles. The zero-order valence-corrected chi connectivity index (χ0v) is 16.8. The molecular weight excluding hydrogens is 384 g/mol. The largest absolute Gasteiger partial charge is 0.507 e. The van der Waals surface area contributed by atoms with Crippen LogP contribution >= 0.6 is 0 Å². The minimum atomic E-state index is -0.507. The smallest absolute Gasteiger partial charge is 0.259 e. The van der Waals surface area contributed by atoms with Gasteiger partial charge in [-0.15, -0.1) is 0 Å². The first-order valence-corrected chi connectivity index (χ1v) is 9.17. The van der Waals surface area contributed by atoms with Crippen molar-refractivity contribution >= 4 is 23.2 Å². The van der Waals surface area contributed by atoms with Gasteiger partial charge in [0.2, 0.25) is 0 Å². The summed E-state index contributed by atoms with van der Waals surface area (Å²) in [6.45, 7) is 1.85. The fourth-order valence-corrected chi connectivity index (χ4v) is 3.00. The average Bonchev–Trinajstić information content (AvgIpc) is 2.73. The first-order chi connectivity index (χ1) is 14.3. The van der Waals surface area contributed by atoms with E-state index < -0.39 is 5.91 Å². The molecular formula is C23H22N2O5. The summed E-state index contributed by atoms with van der Waals surface area (Å²) in [5.41, 5.74) is 2.04. The Bertz CT molecular complexity index is 1110. The van der Waals surface area contributed by atoms with Crippen molar-refractivity contribution in [3.63, 3.8) is 0 Å². The molecule has 3 aromatic rings. The Kier molecular flexibility index (Phi) is 5.92. The lowest BCUT2D eigenvalue weighted by atomic mass is 10.1. The highest BCUT2D eigenvalue weighted by atomic mass is 16.5. The van der Waals surface area contributed by atoms with Crippen LogP contribution in [0.1, 0.15) is 26.3 Å². The molecule has 3 aromatic carbocycles. The molecule has 30 heavy (non-hydrogen) atoms. The van der Waals surface area contributed by atoms with Gasteiger partial charge in [-0.05, 0) is 55.0 Å². The van der Waals surface area contributed by atoms with Crippen molar-refractivity contribution in [2.24, 2.45) is 0 Å². The van der Waals surface area contributed by atoms with Crippen LogP contribution in [0.4, 0.5) is 11.4 Å². The summed E-state index contributed by atoms with van der Waals surface area (Å²) in [5.74, 6) is -0.714. The zero-order valence-electron chi connectivity index (χ0n) is 16.8. The number of ether oxygens (including phenoxy) is 1. The topological polar surface area (TPSA) is 99.1 Å². The quantitative estimate of drug-likeness (QED) is 0.596. The zero-order chi connectivity index (χ0) is 21.8. The van der Waals surface area contributed by atoms with Crippen molar-refractivity contribution in [1.29, 1.82) is 0 Å². The normalized spacial score (nSPS) is 10.4. The number of hydrogen-bond acceptors (Lipinski definition) is 5. The molecule has 0 bridgehead atoms. The lowest BCUT2D eigenvalue weighted by molar-refractivity contribution is 0.0990. The Balaban J connectivity index is 1.85. The molecule has 7 nitrogen and oxygen atoms in total. The second-order valence-corrected chi connectivity index (χ2v) is 6.74. The van der Waals surface area contributed by atoms with Gasteiger partial charge in [0.25, 0.3) is 11.8 Å². The monoisotopic (exact) mass is 406 g/mol. The average molecular weight is 406 g/mol. The Morgan fingerprint density at radius 3 is 2.37 bits per heavy atom. The van der Waals surface area contributed by atoms with Gasteiger partial charge in [0, 0.05) is 12.6 Å². The van der Waals surface area contributed by atoms with Gasteiger partial charge in [0.1, 0.15) is 17.2 Å². The molecule has 3 rings (SSSR count). The predicted molar refractivity (Wildman–Crippen MR) is 115 cm³/mol. The Morgan fingerprint density at radius 2 is 1.70 bits per heavy atom. The van der Waals surface area contributed by atoms with Crippen LogP contribution in [0.25, 0.3) is 0 Å². The first kappa shape index (κ1) is 20.7. The van der Waals surface area contributed by atoms with Crippen LogP contribution in [0.15, 0.2) is 60.7 Å². The summed E-state index contributed by atoms with van der Waals surface area (Å²) in [6, 6.07) is 15.8. The number of amides is 2. The van der Waals surface area contributed by atoms with Crippen LogP contribution in [-0.4, -0.2) is 36.2 Å². The third-order valence-electron chi connectivity index (χ3n) is 4.64. The maximum atomic E-state index is 12.9. The van der Waals surface area contributed by atoms with Gasteiger partial charge in [-0.1, -0.05) is 18.2 Å². The number of nitrogens with zero attached hydrogens (tertiary/aromatic N) is 1. The number of nitrogens with one attached hydrogen (secondary N) is 1. The summed E-state index contributed by atoms with van der Waals surface area (Å²) in [5, 5.41) is 22.7. The summed E-state index contributed by atoms with van der Waals surface area (Å²) >= 11 is 0. The van der Waals surface area contributed by atoms with Crippen molar-refractivity contribution in [2.75, 3.05) is 24.4 Å². The second kappa shape index (κ2) is 8.57. The van der Waals surface area contributed by atoms with Crippen molar-refractivity contribution in [3.05, 3.63) is 77.4 Å². The van der Waals surface area contributed by atoms with E-state index in [1.165, 1.54) is 30.2 Å². The number of methoxy groups -OCH3 is 1. The van der Waals surface area contributed by atoms with Crippen molar-refractivity contribution < 1.29 is 24.5 Å². The van der Waals surface area contributed by atoms with Crippen LogP contribution < -0.4 is 15.0 Å². The third kappa shape index (κ3) is 4.20. The van der Waals surface area contributed by atoms with Gasteiger partial charge in [0.05, 0.1) is 24.0 Å². The molecule has 0 unspecified atom stereocenters. The van der Waals surface area contributed by atoms with Crippen molar-refractivity contribution in [3.8, 4) is 17.2 Å². The molecule has 0 fully saturated rings. The molecule has 7 heteroatoms. The predicted octanol–water partition coefficient (Wildman–Crippen LogP) is 3.94. The van der Waals surface area contributed by atoms with E-state index in [-0.39, 0.29) is 28.7 Å². The van der Waals surface area contributed by atoms with E-state index >= 15 is 0 Å². The first-order valence-electron chi connectivity index (χ1n) is 9.17. The number of phenols is 2. The van der Waals surface area contributed by atoms with Gasteiger partial charge >= 0.3 is 0 Å². The highest BCUT2D eigenvalue weighted by molar-refractivity contribution is 6.09. The number of aryl methyl sites for hydroxylation is 1. The van der Waals surface area contributed by atoms with Crippen molar-refractivity contribution in [2.45, 2.75) is 6.92 Å². The van der Waals surface area contributed by atoms with E-state index in [1.807, 2.05) is 6.92 Å². The molecule has 0 saturated carbocycles. The molecule has 0 aromatic heterocycles. The summed E-state index contributed by atoms with van der Waals surface area (Å²) in [4.78, 5) is 26.7. The molecule has 0 atom stereocenters. The van der Waals surface area contributed by atoms with Gasteiger partial charge in [0.15, 0.2) is 0 Å². The molecule has 3 N–H and O–H groups in total. The van der Waals surface area contributed by atoms with E-state index in [1.54, 1.807) is 49.5 Å². The Hall–Kier alpha value is -4.00. The van der Waals surface area contributed by atoms with E-state index in [0.29, 0.717) is 16.9 Å². The van der Waals surface area contributed by atoms with E-state index in [0.717, 1.165) is 5.56 Å². The Morgan fingerprint density at radius 1 is 0.967 bits per heavy atom. The number of anilines is 2. The molecule has 154 valence electrons. The highest BCUT2D eigenvalue weighted by Gasteiger charge is 2.19. The molecule has 0 aliphatic rings. The van der Waals surface area contributed by atoms with Crippen molar-refractivity contribution in [1.82, 2.24) is 0 Å². The van der Waals surface area contributed by atoms with Gasteiger partial charge < -0.3 is 25.2 Å². The van der Waals surface area contributed by atoms with Crippen LogP contribution in [-0.2, 0) is 0 Å². The minimum absolute atomic E-state index is 0.00404. The molecule has 0 aliphatic heterocycles. The van der Waals surface area contributed by atoms with E-state index in [2.05, 4.69) is 5.32 Å². The third-order valence-corrected chi connectivity index (χ3v) is 4.64. The maximum Gasteiger partial charge on any atom is 0.259 e. The fourth-order valence-electron chi connectivity index (χ4n) is 3.00. The Labute approximate surface area is 174 Å². The summed E-state index contributed by atoms with van der Waals surface area (Å²) < 4.78 is 5.33. The number of benzene rings is 3. The highest BCUT2D eigenvalue weighted by Crippen LogP contribution is 2.31. The lowest BCUT2D eigenvalue weighted by Gasteiger charge is -2.20. The standard InChI is InChI=1S/C23H22N2O5/c1-14-8-11-18(20(27)12-14)25(2)23(29)15-9-10-17(21(13-15)30-3)24-22(28)16-6-4-5-7-19(16)26/h4-13,26-27H,1-3H3,(H,24,28). The molecule has 0 radical (unpaired) electrons. The maximum absolute atomic E-state index is 12.9. The SMILES string of the molecule is COc1cc(C(=O)N(C)c2ccc(C)cc2O)ccc1NC(=O)c1ccccc1O. The summed E-state index contributed by atoms with van der Waals surface area (Å²) in [7, 11) is 2.99. The number of hydrogen-bond donors (Lipinski definition) is 3. The van der Waals surface area contributed by atoms with Crippen LogP contribution in [0.5, 0.6) is 17.2 Å².